The van der Waals surface area contributed by atoms with Gasteiger partial charge in [-0.1, -0.05) is 17.3 Å². The summed E-state index contributed by atoms with van der Waals surface area (Å²) in [6.07, 6.45) is 4.27. The molecule has 0 bridgehead atoms. The van der Waals surface area contributed by atoms with Gasteiger partial charge in [-0.15, -0.1) is 27.8 Å². The molecule has 1 saturated heterocycles. The number of nitrogens with zero attached hydrogens (tertiary/aromatic N) is 4. The van der Waals surface area contributed by atoms with Crippen LogP contribution in [0.1, 0.15) is 63.8 Å². The molecule has 1 aliphatic carbocycles. The number of aromatic amines is 1. The lowest BCUT2D eigenvalue weighted by Crippen LogP contribution is -2.43. The van der Waals surface area contributed by atoms with Crippen LogP contribution in [0.2, 0.25) is 0 Å². The van der Waals surface area contributed by atoms with E-state index in [0.717, 1.165) is 72.2 Å². The van der Waals surface area contributed by atoms with Crippen LogP contribution in [-0.2, 0) is 41.1 Å². The Morgan fingerprint density at radius 2 is 1.93 bits per heavy atom. The van der Waals surface area contributed by atoms with Gasteiger partial charge in [0.05, 0.1) is 30.7 Å². The maximum Gasteiger partial charge on any atom is 0.349 e. The molecular weight excluding hydrogens is 793 g/mol. The molecule has 5 N–H and O–H groups in total. The Kier molecular flexibility index (Phi) is 10.7. The highest BCUT2D eigenvalue weighted by atomic mass is 79.9. The molecule has 0 amide bonds. The summed E-state index contributed by atoms with van der Waals surface area (Å²) in [6, 6.07) is 15.5. The fraction of sp³-hybridized carbons (Fsp3) is 0.385. The van der Waals surface area contributed by atoms with Gasteiger partial charge in [0.25, 0.3) is 0 Å². The third kappa shape index (κ3) is 7.26. The molecule has 0 spiro atoms. The molecule has 282 valence electrons. The van der Waals surface area contributed by atoms with Crippen LogP contribution in [0.25, 0.3) is 21.9 Å². The molecule has 54 heavy (non-hydrogen) atoms. The zero-order chi connectivity index (χ0) is 37.4. The van der Waals surface area contributed by atoms with Gasteiger partial charge < -0.3 is 35.3 Å². The summed E-state index contributed by atoms with van der Waals surface area (Å²) in [5.74, 6) is -0.657. The van der Waals surface area contributed by atoms with Crippen molar-refractivity contribution >= 4 is 66.5 Å². The van der Waals surface area contributed by atoms with Gasteiger partial charge in [-0.3, -0.25) is 4.79 Å². The Hall–Kier alpha value is -3.96. The quantitative estimate of drug-likeness (QED) is 0.0938. The molecule has 2 aliphatic rings. The van der Waals surface area contributed by atoms with Gasteiger partial charge in [-0.05, 0) is 125 Å². The molecule has 0 unspecified atom stereocenters. The van der Waals surface area contributed by atoms with Gasteiger partial charge in [0.1, 0.15) is 17.4 Å². The van der Waals surface area contributed by atoms with E-state index in [2.05, 4.69) is 47.5 Å². The number of hydrogen-bond donors (Lipinski definition) is 5. The molecular formula is C39H41BrN6O6S2. The first-order valence-electron chi connectivity index (χ1n) is 18.2. The van der Waals surface area contributed by atoms with E-state index in [9.17, 15) is 24.9 Å². The lowest BCUT2D eigenvalue weighted by atomic mass is 9.99. The molecule has 2 aromatic carbocycles. The number of aromatic nitrogens is 4. The number of aryl methyl sites for hydroxylation is 2. The molecule has 8 rings (SSSR count). The number of esters is 1. The van der Waals surface area contributed by atoms with Crippen molar-refractivity contribution in [1.82, 2.24) is 30.2 Å². The van der Waals surface area contributed by atoms with Gasteiger partial charge in [0.2, 0.25) is 11.2 Å². The van der Waals surface area contributed by atoms with Gasteiger partial charge >= 0.3 is 5.97 Å². The number of rotatable bonds is 13. The van der Waals surface area contributed by atoms with E-state index in [1.54, 1.807) is 24.3 Å². The van der Waals surface area contributed by atoms with Crippen molar-refractivity contribution < 1.29 is 24.9 Å². The highest BCUT2D eigenvalue weighted by molar-refractivity contribution is 9.11. The van der Waals surface area contributed by atoms with E-state index in [-0.39, 0.29) is 17.4 Å². The Labute approximate surface area is 327 Å². The van der Waals surface area contributed by atoms with Crippen molar-refractivity contribution in [3.05, 3.63) is 106 Å². The van der Waals surface area contributed by atoms with Crippen molar-refractivity contribution in [1.29, 1.82) is 0 Å². The van der Waals surface area contributed by atoms with Crippen LogP contribution in [0, 0.1) is 0 Å². The number of aliphatic hydroxyl groups is 2. The number of carbonyl (C=O) groups excluding carboxylic acids is 1. The first-order valence-corrected chi connectivity index (χ1v) is 20.7. The average Bonchev–Trinajstić information content (AvgIpc) is 4.01. The summed E-state index contributed by atoms with van der Waals surface area (Å²) >= 11 is 6.12. The number of nitrogens with one attached hydrogen (secondary N) is 2. The number of ether oxygens (including phenoxy) is 1. The minimum atomic E-state index is -1.82. The smallest absolute Gasteiger partial charge is 0.349 e. The molecule has 1 fully saturated rings. The number of thiophene rings is 2. The number of fused-ring (bicyclic) bond motifs is 4. The largest absolute Gasteiger partial charge is 0.506 e. The second-order valence-electron chi connectivity index (χ2n) is 14.0. The van der Waals surface area contributed by atoms with Gasteiger partial charge in [0.15, 0.2) is 0 Å². The number of phenols is 1. The molecule has 4 aromatic heterocycles. The molecule has 12 nitrogen and oxygen atoms in total. The summed E-state index contributed by atoms with van der Waals surface area (Å²) in [5, 5.41) is 47.9. The fourth-order valence-electron chi connectivity index (χ4n) is 7.91. The number of benzene rings is 2. The standard InChI is InChI=1S/C39H41BrN6O6S2/c40-34-11-10-33(54-34)39(51,32-6-2-19-53-32)38(50)52-24-13-17-45(18-14-24)15-3-16-46-37-28-5-1-4-25(28)23(20-29(37)43-44-46)21-41-22-31(48)26-7-9-30(47)36-27(26)8-12-35(49)42-36/h2,6-12,19-20,24,31,41,47-48,51H,1,3-5,13-18,21-22H2,(H,42,49)/t31-,39-/m0/s1. The first-order chi connectivity index (χ1) is 26.2. The predicted molar refractivity (Wildman–Crippen MR) is 212 cm³/mol. The number of H-pyrrole nitrogens is 1. The number of phenolic OH excluding ortho intramolecular Hbond substituents is 1. The SMILES string of the molecule is O=C(OC1CCN(CCCn2nnc3cc(CNC[C@H](O)c4ccc(O)c5[nH]c(=O)ccc45)c4c(c32)CCC4)CC1)[C@](O)(c1cccs1)c1ccc(Br)s1. The summed E-state index contributed by atoms with van der Waals surface area (Å²) in [6.45, 7) is 4.12. The molecule has 5 heterocycles. The highest BCUT2D eigenvalue weighted by Gasteiger charge is 2.45. The minimum Gasteiger partial charge on any atom is -0.506 e. The van der Waals surface area contributed by atoms with E-state index in [0.29, 0.717) is 52.2 Å². The van der Waals surface area contributed by atoms with E-state index in [1.165, 1.54) is 45.9 Å². The van der Waals surface area contributed by atoms with Crippen molar-refractivity contribution in [3.63, 3.8) is 0 Å². The Morgan fingerprint density at radius 1 is 1.09 bits per heavy atom. The Bertz CT molecular complexity index is 2350. The van der Waals surface area contributed by atoms with E-state index < -0.39 is 17.7 Å². The fourth-order valence-corrected chi connectivity index (χ4v) is 10.3. The van der Waals surface area contributed by atoms with Gasteiger partial charge in [0, 0.05) is 44.2 Å². The number of piperidine rings is 1. The van der Waals surface area contributed by atoms with Crippen molar-refractivity contribution in [2.75, 3.05) is 26.2 Å². The second-order valence-corrected chi connectivity index (χ2v) is 17.5. The summed E-state index contributed by atoms with van der Waals surface area (Å²) in [7, 11) is 0. The summed E-state index contributed by atoms with van der Waals surface area (Å²) in [4.78, 5) is 31.4. The Balaban J connectivity index is 0.852. The number of aliphatic hydroxyl groups excluding tert-OH is 1. The zero-order valence-corrected chi connectivity index (χ0v) is 32.7. The normalized spacial score (nSPS) is 16.9. The molecule has 15 heteroatoms. The summed E-state index contributed by atoms with van der Waals surface area (Å²) in [5.41, 5.74) is 4.59. The van der Waals surface area contributed by atoms with Crippen LogP contribution in [-0.4, -0.2) is 78.4 Å². The lowest BCUT2D eigenvalue weighted by Gasteiger charge is -2.33. The molecule has 0 saturated carbocycles. The number of aromatic hydroxyl groups is 1. The van der Waals surface area contributed by atoms with Crippen molar-refractivity contribution in [2.24, 2.45) is 0 Å². The maximum absolute atomic E-state index is 13.5. The minimum absolute atomic E-state index is 0.0344. The molecule has 2 atom stereocenters. The van der Waals surface area contributed by atoms with Crippen LogP contribution in [0.5, 0.6) is 5.75 Å². The predicted octanol–water partition coefficient (Wildman–Crippen LogP) is 5.51. The van der Waals surface area contributed by atoms with E-state index in [1.807, 2.05) is 22.2 Å². The highest BCUT2D eigenvalue weighted by Crippen LogP contribution is 2.40. The van der Waals surface area contributed by atoms with Crippen LogP contribution >= 0.6 is 38.6 Å². The van der Waals surface area contributed by atoms with Crippen LogP contribution < -0.4 is 10.9 Å². The van der Waals surface area contributed by atoms with Crippen LogP contribution in [0.15, 0.2) is 68.6 Å². The number of likely N-dealkylation sites (tertiary alicyclic amines) is 1. The molecule has 1 aliphatic heterocycles. The van der Waals surface area contributed by atoms with Crippen molar-refractivity contribution in [2.45, 2.75) is 69.4 Å². The lowest BCUT2D eigenvalue weighted by molar-refractivity contribution is -0.169. The molecule has 0 radical (unpaired) electrons. The number of hydrogen-bond acceptors (Lipinski definition) is 12. The van der Waals surface area contributed by atoms with E-state index in [4.69, 9.17) is 4.74 Å². The Morgan fingerprint density at radius 3 is 2.70 bits per heavy atom. The number of pyridine rings is 1. The zero-order valence-electron chi connectivity index (χ0n) is 29.5. The average molecular weight is 834 g/mol. The topological polar surface area (TPSA) is 166 Å². The van der Waals surface area contributed by atoms with Gasteiger partial charge in [-0.25, -0.2) is 9.48 Å². The number of halogens is 1. The van der Waals surface area contributed by atoms with Crippen LogP contribution in [0.4, 0.5) is 0 Å². The molecule has 6 aromatic rings. The second kappa shape index (κ2) is 15.6. The van der Waals surface area contributed by atoms with Crippen molar-refractivity contribution in [3.8, 4) is 5.75 Å². The number of carbonyl (C=O) groups is 1. The maximum atomic E-state index is 13.5. The van der Waals surface area contributed by atoms with E-state index >= 15 is 0 Å². The summed E-state index contributed by atoms with van der Waals surface area (Å²) < 4.78 is 8.84. The monoisotopic (exact) mass is 832 g/mol. The van der Waals surface area contributed by atoms with Gasteiger partial charge in [-0.2, -0.15) is 0 Å². The van der Waals surface area contributed by atoms with Crippen LogP contribution in [0.3, 0.4) is 0 Å². The first kappa shape index (κ1) is 37.0. The third-order valence-corrected chi connectivity index (χ3v) is 13.3. The third-order valence-electron chi connectivity index (χ3n) is 10.6.